The minimum atomic E-state index is -0.425. The standard InChI is InChI=1S/C10H18O3/c1-9(12-2)13-10(8-11)6-4-3-5-7-10/h11H,1,3-8H2,2H3. The van der Waals surface area contributed by atoms with E-state index in [0.717, 1.165) is 25.7 Å². The van der Waals surface area contributed by atoms with E-state index in [1.54, 1.807) is 0 Å². The van der Waals surface area contributed by atoms with Gasteiger partial charge in [-0.15, -0.1) is 0 Å². The molecule has 0 spiro atoms. The van der Waals surface area contributed by atoms with Gasteiger partial charge in [-0.1, -0.05) is 6.42 Å². The van der Waals surface area contributed by atoms with Crippen LogP contribution in [0, 0.1) is 0 Å². The second-order valence-electron chi connectivity index (χ2n) is 3.58. The van der Waals surface area contributed by atoms with Crippen molar-refractivity contribution >= 4 is 0 Å². The smallest absolute Gasteiger partial charge is 0.271 e. The fourth-order valence-electron chi connectivity index (χ4n) is 1.77. The van der Waals surface area contributed by atoms with Crippen molar-refractivity contribution in [2.75, 3.05) is 13.7 Å². The monoisotopic (exact) mass is 186 g/mol. The maximum absolute atomic E-state index is 9.26. The molecule has 0 aromatic carbocycles. The number of hydrogen-bond donors (Lipinski definition) is 1. The minimum Gasteiger partial charge on any atom is -0.469 e. The Hall–Kier alpha value is -0.700. The molecule has 1 saturated carbocycles. The highest BCUT2D eigenvalue weighted by atomic mass is 16.7. The fourth-order valence-corrected chi connectivity index (χ4v) is 1.77. The Balaban J connectivity index is 2.52. The van der Waals surface area contributed by atoms with Crippen molar-refractivity contribution < 1.29 is 14.6 Å². The van der Waals surface area contributed by atoms with Crippen molar-refractivity contribution in [3.8, 4) is 0 Å². The largest absolute Gasteiger partial charge is 0.469 e. The van der Waals surface area contributed by atoms with E-state index in [1.807, 2.05) is 0 Å². The molecule has 1 fully saturated rings. The lowest BCUT2D eigenvalue weighted by molar-refractivity contribution is -0.108. The van der Waals surface area contributed by atoms with Crippen LogP contribution in [0.3, 0.4) is 0 Å². The normalized spacial score (nSPS) is 20.8. The number of aliphatic hydroxyl groups is 1. The Bertz CT molecular complexity index is 171. The Kier molecular flexibility index (Phi) is 3.60. The average molecular weight is 186 g/mol. The van der Waals surface area contributed by atoms with Gasteiger partial charge >= 0.3 is 0 Å². The van der Waals surface area contributed by atoms with Crippen LogP contribution in [0.5, 0.6) is 0 Å². The van der Waals surface area contributed by atoms with Crippen molar-refractivity contribution in [2.24, 2.45) is 0 Å². The maximum atomic E-state index is 9.26. The molecular formula is C10H18O3. The van der Waals surface area contributed by atoms with Gasteiger partial charge in [-0.3, -0.25) is 0 Å². The maximum Gasteiger partial charge on any atom is 0.271 e. The summed E-state index contributed by atoms with van der Waals surface area (Å²) < 4.78 is 10.4. The summed E-state index contributed by atoms with van der Waals surface area (Å²) in [4.78, 5) is 0. The van der Waals surface area contributed by atoms with Gasteiger partial charge in [0.15, 0.2) is 0 Å². The van der Waals surface area contributed by atoms with E-state index in [9.17, 15) is 5.11 Å². The molecule has 1 aliphatic carbocycles. The van der Waals surface area contributed by atoms with Crippen LogP contribution in [-0.2, 0) is 9.47 Å². The molecule has 76 valence electrons. The Labute approximate surface area is 79.3 Å². The minimum absolute atomic E-state index is 0.0510. The summed E-state index contributed by atoms with van der Waals surface area (Å²) in [5, 5.41) is 9.26. The van der Waals surface area contributed by atoms with E-state index in [4.69, 9.17) is 9.47 Å². The predicted molar refractivity (Wildman–Crippen MR) is 50.1 cm³/mol. The fraction of sp³-hybridized carbons (Fsp3) is 0.800. The van der Waals surface area contributed by atoms with Crippen LogP contribution in [0.15, 0.2) is 12.5 Å². The molecule has 0 aromatic rings. The first-order chi connectivity index (χ1) is 6.22. The third-order valence-corrected chi connectivity index (χ3v) is 2.61. The molecule has 0 saturated heterocycles. The SMILES string of the molecule is C=C(OC)OC1(CO)CCCCC1. The molecule has 1 N–H and O–H groups in total. The summed E-state index contributed by atoms with van der Waals surface area (Å²) >= 11 is 0. The highest BCUT2D eigenvalue weighted by Gasteiger charge is 2.34. The summed E-state index contributed by atoms with van der Waals surface area (Å²) in [7, 11) is 1.52. The molecule has 0 atom stereocenters. The molecule has 3 heteroatoms. The van der Waals surface area contributed by atoms with Crippen molar-refractivity contribution in [2.45, 2.75) is 37.7 Å². The Morgan fingerprint density at radius 2 is 2.00 bits per heavy atom. The van der Waals surface area contributed by atoms with E-state index in [1.165, 1.54) is 13.5 Å². The third-order valence-electron chi connectivity index (χ3n) is 2.61. The van der Waals surface area contributed by atoms with E-state index >= 15 is 0 Å². The highest BCUT2D eigenvalue weighted by molar-refractivity contribution is 4.88. The highest BCUT2D eigenvalue weighted by Crippen LogP contribution is 2.32. The van der Waals surface area contributed by atoms with Crippen LogP contribution < -0.4 is 0 Å². The molecule has 0 unspecified atom stereocenters. The first-order valence-corrected chi connectivity index (χ1v) is 4.75. The topological polar surface area (TPSA) is 38.7 Å². The van der Waals surface area contributed by atoms with Crippen molar-refractivity contribution in [3.63, 3.8) is 0 Å². The summed E-state index contributed by atoms with van der Waals surface area (Å²) in [6, 6.07) is 0. The van der Waals surface area contributed by atoms with Gasteiger partial charge in [-0.05, 0) is 32.3 Å². The van der Waals surface area contributed by atoms with Gasteiger partial charge in [0.1, 0.15) is 5.60 Å². The number of ether oxygens (including phenoxy) is 2. The Morgan fingerprint density at radius 1 is 1.38 bits per heavy atom. The average Bonchev–Trinajstić information content (AvgIpc) is 2.19. The zero-order valence-electron chi connectivity index (χ0n) is 8.21. The van der Waals surface area contributed by atoms with Crippen LogP contribution >= 0.6 is 0 Å². The lowest BCUT2D eigenvalue weighted by atomic mass is 9.85. The number of methoxy groups -OCH3 is 1. The van der Waals surface area contributed by atoms with Gasteiger partial charge in [-0.2, -0.15) is 0 Å². The lowest BCUT2D eigenvalue weighted by Gasteiger charge is -2.35. The molecule has 3 nitrogen and oxygen atoms in total. The van der Waals surface area contributed by atoms with Gasteiger partial charge in [0.2, 0.25) is 0 Å². The first kappa shape index (κ1) is 10.4. The molecule has 0 radical (unpaired) electrons. The van der Waals surface area contributed by atoms with Gasteiger partial charge in [-0.25, -0.2) is 0 Å². The molecule has 0 aromatic heterocycles. The number of aliphatic hydroxyl groups excluding tert-OH is 1. The van der Waals surface area contributed by atoms with Gasteiger partial charge in [0.05, 0.1) is 13.7 Å². The van der Waals surface area contributed by atoms with E-state index < -0.39 is 5.60 Å². The molecule has 0 heterocycles. The van der Waals surface area contributed by atoms with Crippen molar-refractivity contribution in [3.05, 3.63) is 12.5 Å². The molecule has 0 bridgehead atoms. The van der Waals surface area contributed by atoms with Gasteiger partial charge < -0.3 is 14.6 Å². The van der Waals surface area contributed by atoms with E-state index in [-0.39, 0.29) is 6.61 Å². The molecule has 1 rings (SSSR count). The Morgan fingerprint density at radius 3 is 2.46 bits per heavy atom. The van der Waals surface area contributed by atoms with Crippen molar-refractivity contribution in [1.82, 2.24) is 0 Å². The van der Waals surface area contributed by atoms with Crippen molar-refractivity contribution in [1.29, 1.82) is 0 Å². The molecular weight excluding hydrogens is 168 g/mol. The first-order valence-electron chi connectivity index (χ1n) is 4.75. The van der Waals surface area contributed by atoms with Gasteiger partial charge in [0, 0.05) is 0 Å². The van der Waals surface area contributed by atoms with E-state index in [0.29, 0.717) is 5.95 Å². The summed E-state index contributed by atoms with van der Waals surface area (Å²) in [5.41, 5.74) is -0.425. The molecule has 1 aliphatic rings. The van der Waals surface area contributed by atoms with Crippen LogP contribution in [0.1, 0.15) is 32.1 Å². The van der Waals surface area contributed by atoms with Crippen LogP contribution in [-0.4, -0.2) is 24.4 Å². The van der Waals surface area contributed by atoms with Crippen LogP contribution in [0.25, 0.3) is 0 Å². The van der Waals surface area contributed by atoms with Crippen LogP contribution in [0.4, 0.5) is 0 Å². The molecule has 0 aliphatic heterocycles. The number of rotatable bonds is 4. The van der Waals surface area contributed by atoms with E-state index in [2.05, 4.69) is 6.58 Å². The molecule has 0 amide bonds. The predicted octanol–water partition coefficient (Wildman–Crippen LogP) is 1.82. The zero-order chi connectivity index (χ0) is 9.73. The lowest BCUT2D eigenvalue weighted by Crippen LogP contribution is -2.38. The third kappa shape index (κ3) is 2.62. The van der Waals surface area contributed by atoms with Crippen LogP contribution in [0.2, 0.25) is 0 Å². The number of hydrogen-bond acceptors (Lipinski definition) is 3. The molecule has 13 heavy (non-hydrogen) atoms. The second-order valence-corrected chi connectivity index (χ2v) is 3.58. The summed E-state index contributed by atoms with van der Waals surface area (Å²) in [6.07, 6.45) is 5.23. The summed E-state index contributed by atoms with van der Waals surface area (Å²) in [6.45, 7) is 3.66. The zero-order valence-corrected chi connectivity index (χ0v) is 8.21. The quantitative estimate of drug-likeness (QED) is 0.680. The summed E-state index contributed by atoms with van der Waals surface area (Å²) in [5.74, 6) is 0.302. The second kappa shape index (κ2) is 4.51. The van der Waals surface area contributed by atoms with Gasteiger partial charge in [0.25, 0.3) is 5.95 Å².